The molecule has 0 aliphatic carbocycles. The van der Waals surface area contributed by atoms with Crippen molar-refractivity contribution in [1.82, 2.24) is 9.97 Å². The number of nitrogens with zero attached hydrogens (tertiary/aromatic N) is 3. The first-order valence-corrected chi connectivity index (χ1v) is 14.2. The van der Waals surface area contributed by atoms with Gasteiger partial charge in [0.2, 0.25) is 0 Å². The number of anilines is 2. The first-order valence-electron chi connectivity index (χ1n) is 13.0. The van der Waals surface area contributed by atoms with Crippen molar-refractivity contribution in [3.8, 4) is 11.5 Å². The number of benzene rings is 2. The minimum atomic E-state index is -5.08. The molecule has 47 heavy (non-hydrogen) atoms. The van der Waals surface area contributed by atoms with Crippen LogP contribution in [0, 0.1) is 11.2 Å². The van der Waals surface area contributed by atoms with Gasteiger partial charge in [0.25, 0.3) is 0 Å². The molecule has 1 aromatic heterocycles. The number of carboxylic acids is 2. The van der Waals surface area contributed by atoms with Crippen LogP contribution in [0.2, 0.25) is 0 Å². The molecule has 5 N–H and O–H groups in total. The topological polar surface area (TPSA) is 172 Å². The quantitative estimate of drug-likeness (QED) is 0.0606. The minimum absolute atomic E-state index is 0.0364. The van der Waals surface area contributed by atoms with Crippen LogP contribution < -0.4 is 20.1 Å². The van der Waals surface area contributed by atoms with Gasteiger partial charge in [-0.15, -0.1) is 0 Å². The Morgan fingerprint density at radius 1 is 1.02 bits per heavy atom. The Kier molecular flexibility index (Phi) is 15.2. The molecule has 0 aliphatic rings. The molecule has 258 valence electrons. The van der Waals surface area contributed by atoms with Gasteiger partial charge >= 0.3 is 24.3 Å². The van der Waals surface area contributed by atoms with Crippen molar-refractivity contribution in [3.05, 3.63) is 65.7 Å². The van der Waals surface area contributed by atoms with Crippen LogP contribution in [-0.2, 0) is 16.1 Å². The van der Waals surface area contributed by atoms with E-state index in [9.17, 15) is 26.3 Å². The molecular formula is C28H30F7N5O6S. The average Bonchev–Trinajstić information content (AvgIpc) is 2.97. The van der Waals surface area contributed by atoms with Gasteiger partial charge in [-0.05, 0) is 57.4 Å². The molecule has 1 heterocycles. The number of carboxylic acid groups (broad SMARTS) is 2. The summed E-state index contributed by atoms with van der Waals surface area (Å²) in [6.07, 6.45) is -6.79. The number of amidine groups is 1. The van der Waals surface area contributed by atoms with Crippen LogP contribution in [0.1, 0.15) is 32.0 Å². The van der Waals surface area contributed by atoms with E-state index in [1.165, 1.54) is 11.8 Å². The van der Waals surface area contributed by atoms with Gasteiger partial charge in [-0.2, -0.15) is 26.3 Å². The number of aromatic nitrogens is 2. The molecule has 0 spiro atoms. The highest BCUT2D eigenvalue weighted by Gasteiger charge is 2.38. The molecule has 0 aliphatic heterocycles. The molecule has 0 saturated carbocycles. The zero-order valence-corrected chi connectivity index (χ0v) is 25.9. The molecule has 19 heteroatoms. The third-order valence-corrected chi connectivity index (χ3v) is 5.69. The third kappa shape index (κ3) is 13.6. The maximum absolute atomic E-state index is 15.7. The van der Waals surface area contributed by atoms with Crippen LogP contribution >= 0.6 is 11.8 Å². The lowest BCUT2D eigenvalue weighted by atomic mass is 10.1. The van der Waals surface area contributed by atoms with Crippen molar-refractivity contribution < 1.29 is 60.0 Å². The largest absolute Gasteiger partial charge is 0.494 e. The van der Waals surface area contributed by atoms with Crippen molar-refractivity contribution in [2.24, 2.45) is 5.73 Å². The van der Waals surface area contributed by atoms with E-state index in [0.29, 0.717) is 28.8 Å². The van der Waals surface area contributed by atoms with Gasteiger partial charge in [-0.25, -0.2) is 23.9 Å². The highest BCUT2D eigenvalue weighted by molar-refractivity contribution is 7.98. The molecule has 0 radical (unpaired) electrons. The second-order valence-corrected chi connectivity index (χ2v) is 9.81. The summed E-state index contributed by atoms with van der Waals surface area (Å²) in [7, 11) is 0. The highest BCUT2D eigenvalue weighted by Crippen LogP contribution is 2.38. The van der Waals surface area contributed by atoms with Crippen LogP contribution in [0.4, 0.5) is 42.1 Å². The van der Waals surface area contributed by atoms with Crippen LogP contribution in [0.25, 0.3) is 0 Å². The molecule has 0 atom stereocenters. The van der Waals surface area contributed by atoms with Gasteiger partial charge in [0.1, 0.15) is 11.6 Å². The summed E-state index contributed by atoms with van der Waals surface area (Å²) in [6.45, 7) is 6.27. The van der Waals surface area contributed by atoms with Gasteiger partial charge < -0.3 is 30.3 Å². The van der Waals surface area contributed by atoms with Crippen LogP contribution in [0.3, 0.4) is 0 Å². The molecule has 11 nitrogen and oxygen atoms in total. The third-order valence-electron chi connectivity index (χ3n) is 5.13. The Hall–Kier alpha value is -4.81. The van der Waals surface area contributed by atoms with Gasteiger partial charge in [-0.1, -0.05) is 11.8 Å². The second kappa shape index (κ2) is 17.8. The summed E-state index contributed by atoms with van der Waals surface area (Å²) in [6, 6.07) is 12.1. The van der Waals surface area contributed by atoms with E-state index in [1.807, 2.05) is 27.0 Å². The van der Waals surface area contributed by atoms with E-state index >= 15 is 4.39 Å². The van der Waals surface area contributed by atoms with Gasteiger partial charge in [-0.3, -0.25) is 5.41 Å². The number of halogens is 7. The minimum Gasteiger partial charge on any atom is -0.494 e. The van der Waals surface area contributed by atoms with Crippen molar-refractivity contribution in [2.45, 2.75) is 50.9 Å². The number of aliphatic carboxylic acids is 2. The summed E-state index contributed by atoms with van der Waals surface area (Å²) in [5.74, 6) is -5.43. The number of nitrogens with two attached hydrogens (primary N) is 1. The Balaban J connectivity index is 0.000000658. The number of thioether (sulfide) groups is 1. The molecular weight excluding hydrogens is 667 g/mol. The number of ether oxygens (including phenoxy) is 2. The van der Waals surface area contributed by atoms with E-state index in [1.54, 1.807) is 53.6 Å². The zero-order valence-electron chi connectivity index (χ0n) is 25.1. The predicted octanol–water partition coefficient (Wildman–Crippen LogP) is 6.41. The van der Waals surface area contributed by atoms with Crippen molar-refractivity contribution >= 4 is 40.9 Å². The number of hydrogen-bond acceptors (Lipinski definition) is 9. The predicted molar refractivity (Wildman–Crippen MR) is 158 cm³/mol. The summed E-state index contributed by atoms with van der Waals surface area (Å²) in [5.41, 5.74) is 7.90. The van der Waals surface area contributed by atoms with Crippen LogP contribution in [-0.4, -0.2) is 69.3 Å². The molecule has 0 amide bonds. The van der Waals surface area contributed by atoms with Gasteiger partial charge in [0.05, 0.1) is 30.6 Å². The molecule has 3 rings (SSSR count). The number of nitrogen functional groups attached to an aromatic ring is 1. The number of alkyl halides is 6. The van der Waals surface area contributed by atoms with E-state index in [2.05, 4.69) is 9.97 Å². The fourth-order valence-electron chi connectivity index (χ4n) is 3.21. The zero-order chi connectivity index (χ0) is 36.1. The lowest BCUT2D eigenvalue weighted by Crippen LogP contribution is -2.21. The smallest absolute Gasteiger partial charge is 0.490 e. The Labute approximate surface area is 268 Å². The van der Waals surface area contributed by atoms with Crippen LogP contribution in [0.15, 0.2) is 53.8 Å². The van der Waals surface area contributed by atoms with E-state index in [4.69, 9.17) is 40.4 Å². The molecule has 0 unspecified atom stereocenters. The molecule has 0 saturated heterocycles. The first-order chi connectivity index (χ1) is 21.7. The standard InChI is InChI=1S/C24H28FN5O2S.2C2HF3O2/c1-5-31-19-12-20(22(25)21(13-19)32-15(2)3)30(14-17-10-11-28-24(29-17)33-4)18-8-6-16(7-9-18)23(26)27;2*3-2(4,5)1(6)7/h6-13,15H,5,14H2,1-4H3,(H3,26,27);2*(H,6,7). The van der Waals surface area contributed by atoms with Gasteiger partial charge in [0.15, 0.2) is 16.7 Å². The molecule has 3 aromatic rings. The Morgan fingerprint density at radius 2 is 1.55 bits per heavy atom. The summed E-state index contributed by atoms with van der Waals surface area (Å²) in [5, 5.41) is 22.5. The number of rotatable bonds is 10. The summed E-state index contributed by atoms with van der Waals surface area (Å²) >= 11 is 1.44. The lowest BCUT2D eigenvalue weighted by Gasteiger charge is -2.27. The second-order valence-electron chi connectivity index (χ2n) is 9.04. The monoisotopic (exact) mass is 697 g/mol. The Morgan fingerprint density at radius 3 is 1.98 bits per heavy atom. The normalized spacial score (nSPS) is 11.0. The fourth-order valence-corrected chi connectivity index (χ4v) is 3.58. The van der Waals surface area contributed by atoms with Crippen molar-refractivity contribution in [1.29, 1.82) is 5.41 Å². The fraction of sp³-hybridized carbons (Fsp3) is 0.321. The SMILES string of the molecule is CCOc1cc(OC(C)C)c(F)c(N(Cc2ccnc(SC)n2)c2ccc(C(=N)N)cc2)c1.O=C(O)C(F)(F)F.O=C(O)C(F)(F)F. The first kappa shape index (κ1) is 40.2. The number of nitrogens with one attached hydrogen (secondary N) is 1. The van der Waals surface area contributed by atoms with Crippen molar-refractivity contribution in [2.75, 3.05) is 17.8 Å². The number of carbonyl (C=O) groups is 2. The van der Waals surface area contributed by atoms with Crippen molar-refractivity contribution in [3.63, 3.8) is 0 Å². The maximum atomic E-state index is 15.7. The van der Waals surface area contributed by atoms with E-state index in [0.717, 1.165) is 5.69 Å². The Bertz CT molecular complexity index is 1480. The lowest BCUT2D eigenvalue weighted by molar-refractivity contribution is -0.193. The average molecular weight is 698 g/mol. The molecule has 0 bridgehead atoms. The van der Waals surface area contributed by atoms with E-state index in [-0.39, 0.29) is 29.9 Å². The number of hydrogen-bond donors (Lipinski definition) is 4. The van der Waals surface area contributed by atoms with Crippen LogP contribution in [0.5, 0.6) is 11.5 Å². The highest BCUT2D eigenvalue weighted by atomic mass is 32.2. The summed E-state index contributed by atoms with van der Waals surface area (Å²) in [4.78, 5) is 28.4. The maximum Gasteiger partial charge on any atom is 0.490 e. The van der Waals surface area contributed by atoms with Gasteiger partial charge in [0, 0.05) is 29.6 Å². The summed E-state index contributed by atoms with van der Waals surface area (Å²) < 4.78 is 90.6. The molecule has 0 fully saturated rings. The molecule has 2 aromatic carbocycles. The van der Waals surface area contributed by atoms with E-state index < -0.39 is 30.1 Å².